The van der Waals surface area contributed by atoms with Crippen LogP contribution < -0.4 is 5.32 Å². The quantitative estimate of drug-likeness (QED) is 0.785. The van der Waals surface area contributed by atoms with Crippen molar-refractivity contribution in [2.45, 2.75) is 31.7 Å². The number of hydrogen-bond acceptors (Lipinski definition) is 3. The largest absolute Gasteiger partial charge is 0.308 e. The van der Waals surface area contributed by atoms with Gasteiger partial charge in [-0.05, 0) is 25.8 Å². The van der Waals surface area contributed by atoms with Crippen LogP contribution in [0.4, 0.5) is 0 Å². The second kappa shape index (κ2) is 3.39. The minimum atomic E-state index is 0.175. The first-order valence-corrected chi connectivity index (χ1v) is 5.76. The lowest BCUT2D eigenvalue weighted by atomic mass is 9.89. The minimum Gasteiger partial charge on any atom is -0.308 e. The molecule has 13 heavy (non-hydrogen) atoms. The maximum atomic E-state index is 4.45. The van der Waals surface area contributed by atoms with Crippen molar-refractivity contribution in [2.24, 2.45) is 5.92 Å². The van der Waals surface area contributed by atoms with Crippen LogP contribution in [-0.4, -0.2) is 12.0 Å². The molecule has 1 saturated carbocycles. The lowest BCUT2D eigenvalue weighted by Gasteiger charge is -2.31. The normalized spacial score (nSPS) is 33.8. The van der Waals surface area contributed by atoms with Crippen molar-refractivity contribution in [1.82, 2.24) is 10.3 Å². The molecule has 0 bridgehead atoms. The van der Waals surface area contributed by atoms with Crippen molar-refractivity contribution in [3.63, 3.8) is 0 Å². The van der Waals surface area contributed by atoms with Crippen LogP contribution in [0.25, 0.3) is 0 Å². The zero-order valence-electron chi connectivity index (χ0n) is 8.21. The third kappa shape index (κ3) is 1.30. The van der Waals surface area contributed by atoms with Crippen LogP contribution in [0.1, 0.15) is 31.2 Å². The summed E-state index contributed by atoms with van der Waals surface area (Å²) in [5, 5.41) is 6.81. The third-order valence-corrected chi connectivity index (χ3v) is 4.26. The van der Waals surface area contributed by atoms with Crippen LogP contribution in [0.15, 0.2) is 11.6 Å². The molecule has 0 saturated heterocycles. The van der Waals surface area contributed by atoms with Gasteiger partial charge in [-0.1, -0.05) is 13.3 Å². The molecule has 1 heterocycles. The topological polar surface area (TPSA) is 24.9 Å². The summed E-state index contributed by atoms with van der Waals surface area (Å²) in [5.74, 6) is 0.712. The van der Waals surface area contributed by atoms with Crippen molar-refractivity contribution in [2.75, 3.05) is 7.05 Å². The fraction of sp³-hybridized carbons (Fsp3) is 0.700. The Kier molecular flexibility index (Phi) is 2.39. The van der Waals surface area contributed by atoms with Crippen LogP contribution in [0, 0.1) is 5.92 Å². The Morgan fingerprint density at radius 2 is 2.54 bits per heavy atom. The number of nitrogens with zero attached hydrogens (tertiary/aromatic N) is 1. The molecule has 0 spiro atoms. The number of hydrogen-bond donors (Lipinski definition) is 1. The Hall–Kier alpha value is -0.410. The van der Waals surface area contributed by atoms with Crippen LogP contribution >= 0.6 is 11.3 Å². The van der Waals surface area contributed by atoms with Gasteiger partial charge in [-0.3, -0.25) is 0 Å². The lowest BCUT2D eigenvalue weighted by Crippen LogP contribution is -2.42. The Balaban J connectivity index is 2.35. The molecule has 0 aliphatic heterocycles. The van der Waals surface area contributed by atoms with E-state index in [0.717, 1.165) is 0 Å². The van der Waals surface area contributed by atoms with E-state index in [2.05, 4.69) is 29.7 Å². The van der Waals surface area contributed by atoms with E-state index in [0.29, 0.717) is 5.92 Å². The molecule has 1 aromatic heterocycles. The van der Waals surface area contributed by atoms with Gasteiger partial charge in [0, 0.05) is 11.6 Å². The Morgan fingerprint density at radius 1 is 1.69 bits per heavy atom. The van der Waals surface area contributed by atoms with Gasteiger partial charge >= 0.3 is 0 Å². The smallest absolute Gasteiger partial charge is 0.113 e. The molecule has 1 fully saturated rings. The minimum absolute atomic E-state index is 0.175. The van der Waals surface area contributed by atoms with Crippen LogP contribution in [0.3, 0.4) is 0 Å². The van der Waals surface area contributed by atoms with E-state index in [9.17, 15) is 0 Å². The van der Waals surface area contributed by atoms with Gasteiger partial charge in [0.05, 0.1) is 5.54 Å². The van der Waals surface area contributed by atoms with Gasteiger partial charge in [0.2, 0.25) is 0 Å². The van der Waals surface area contributed by atoms with Gasteiger partial charge < -0.3 is 5.32 Å². The number of thiazole rings is 1. The average Bonchev–Trinajstić information content (AvgIpc) is 2.73. The maximum absolute atomic E-state index is 4.45. The van der Waals surface area contributed by atoms with Crippen LogP contribution in [0.5, 0.6) is 0 Å². The van der Waals surface area contributed by atoms with Gasteiger partial charge in [-0.15, -0.1) is 11.3 Å². The molecule has 0 aromatic carbocycles. The maximum Gasteiger partial charge on any atom is 0.113 e. The standard InChI is InChI=1S/C10H16N2S/c1-8-4-3-5-10(8,11-2)9-12-6-7-13-9/h6-8,11H,3-5H2,1-2H3. The number of rotatable bonds is 2. The highest BCUT2D eigenvalue weighted by Gasteiger charge is 2.42. The molecular weight excluding hydrogens is 180 g/mol. The second-order valence-corrected chi connectivity index (χ2v) is 4.75. The zero-order chi connectivity index (χ0) is 9.31. The van der Waals surface area contributed by atoms with Crippen molar-refractivity contribution in [1.29, 1.82) is 0 Å². The molecule has 0 amide bonds. The fourth-order valence-corrected chi connectivity index (χ4v) is 3.41. The molecule has 2 atom stereocenters. The first-order valence-electron chi connectivity index (χ1n) is 4.88. The highest BCUT2D eigenvalue weighted by molar-refractivity contribution is 7.09. The number of aromatic nitrogens is 1. The first kappa shape index (κ1) is 9.16. The molecule has 3 heteroatoms. The third-order valence-electron chi connectivity index (χ3n) is 3.31. The van der Waals surface area contributed by atoms with Crippen molar-refractivity contribution in [3.05, 3.63) is 16.6 Å². The molecule has 2 unspecified atom stereocenters. The molecule has 2 nitrogen and oxygen atoms in total. The monoisotopic (exact) mass is 196 g/mol. The molecule has 2 rings (SSSR count). The Labute approximate surface area is 83.4 Å². The van der Waals surface area contributed by atoms with Gasteiger partial charge in [0.25, 0.3) is 0 Å². The SMILES string of the molecule is CNC1(c2nccs2)CCCC1C. The fourth-order valence-electron chi connectivity index (χ4n) is 2.42. The van der Waals surface area contributed by atoms with E-state index in [1.807, 2.05) is 6.20 Å². The molecule has 1 aromatic rings. The summed E-state index contributed by atoms with van der Waals surface area (Å²) in [6.07, 6.45) is 5.78. The van der Waals surface area contributed by atoms with Crippen molar-refractivity contribution in [3.8, 4) is 0 Å². The van der Waals surface area contributed by atoms with Gasteiger partial charge in [0.15, 0.2) is 0 Å². The predicted octanol–water partition coefficient (Wildman–Crippen LogP) is 2.38. The van der Waals surface area contributed by atoms with E-state index >= 15 is 0 Å². The number of nitrogens with one attached hydrogen (secondary N) is 1. The van der Waals surface area contributed by atoms with Gasteiger partial charge in [-0.2, -0.15) is 0 Å². The van der Waals surface area contributed by atoms with E-state index in [-0.39, 0.29) is 5.54 Å². The molecule has 0 radical (unpaired) electrons. The Bertz CT molecular complexity index is 270. The van der Waals surface area contributed by atoms with E-state index in [1.54, 1.807) is 11.3 Å². The summed E-state index contributed by atoms with van der Waals surface area (Å²) < 4.78 is 0. The van der Waals surface area contributed by atoms with Crippen molar-refractivity contribution >= 4 is 11.3 Å². The van der Waals surface area contributed by atoms with E-state index < -0.39 is 0 Å². The summed E-state index contributed by atoms with van der Waals surface area (Å²) >= 11 is 1.77. The van der Waals surface area contributed by atoms with E-state index in [4.69, 9.17) is 0 Å². The Morgan fingerprint density at radius 3 is 3.00 bits per heavy atom. The predicted molar refractivity (Wildman–Crippen MR) is 55.9 cm³/mol. The highest BCUT2D eigenvalue weighted by Crippen LogP contribution is 2.43. The summed E-state index contributed by atoms with van der Waals surface area (Å²) in [6.45, 7) is 2.32. The molecule has 1 aliphatic rings. The molecule has 72 valence electrons. The summed E-state index contributed by atoms with van der Waals surface area (Å²) in [5.41, 5.74) is 0.175. The van der Waals surface area contributed by atoms with Crippen LogP contribution in [0.2, 0.25) is 0 Å². The van der Waals surface area contributed by atoms with E-state index in [1.165, 1.54) is 24.3 Å². The highest BCUT2D eigenvalue weighted by atomic mass is 32.1. The van der Waals surface area contributed by atoms with Crippen LogP contribution in [-0.2, 0) is 5.54 Å². The second-order valence-electron chi connectivity index (χ2n) is 3.85. The average molecular weight is 196 g/mol. The first-order chi connectivity index (χ1) is 6.29. The van der Waals surface area contributed by atoms with Gasteiger partial charge in [0.1, 0.15) is 5.01 Å². The lowest BCUT2D eigenvalue weighted by molar-refractivity contribution is 0.283. The van der Waals surface area contributed by atoms with Crippen molar-refractivity contribution < 1.29 is 0 Å². The van der Waals surface area contributed by atoms with Gasteiger partial charge in [-0.25, -0.2) is 4.98 Å². The molecule has 1 aliphatic carbocycles. The molecule has 1 N–H and O–H groups in total. The summed E-state index contributed by atoms with van der Waals surface area (Å²) in [7, 11) is 2.06. The summed E-state index contributed by atoms with van der Waals surface area (Å²) in [6, 6.07) is 0. The summed E-state index contributed by atoms with van der Waals surface area (Å²) in [4.78, 5) is 4.45. The molecular formula is C10H16N2S. The zero-order valence-corrected chi connectivity index (χ0v) is 9.03.